The van der Waals surface area contributed by atoms with E-state index < -0.39 is 0 Å². The number of aromatic nitrogens is 2. The Morgan fingerprint density at radius 3 is 2.37 bits per heavy atom. The zero-order chi connectivity index (χ0) is 13.7. The topological polar surface area (TPSA) is 56.3 Å². The molecule has 0 aliphatic heterocycles. The van der Waals surface area contributed by atoms with Crippen LogP contribution in [0.5, 0.6) is 11.8 Å². The summed E-state index contributed by atoms with van der Waals surface area (Å²) in [6.45, 7) is 2.33. The summed E-state index contributed by atoms with van der Waals surface area (Å²) in [5.74, 6) is 2.47. The van der Waals surface area contributed by atoms with Crippen molar-refractivity contribution in [2.24, 2.45) is 5.92 Å². The van der Waals surface area contributed by atoms with E-state index in [1.165, 1.54) is 32.1 Å². The van der Waals surface area contributed by atoms with E-state index in [0.717, 1.165) is 5.92 Å². The van der Waals surface area contributed by atoms with Gasteiger partial charge in [-0.2, -0.15) is 9.97 Å². The lowest BCUT2D eigenvalue weighted by atomic mass is 10.0. The standard InChI is InChI=1S/C14H23N3O2/c1-10-5-4-6-11(8-7-10)15-14-16-12(18-2)9-13(17-14)19-3/h9-11H,4-8H2,1-3H3,(H,15,16,17). The molecule has 5 nitrogen and oxygen atoms in total. The van der Waals surface area contributed by atoms with Gasteiger partial charge in [-0.3, -0.25) is 0 Å². The Hall–Kier alpha value is -1.52. The van der Waals surface area contributed by atoms with Crippen molar-refractivity contribution in [3.8, 4) is 11.8 Å². The molecule has 19 heavy (non-hydrogen) atoms. The second kappa shape index (κ2) is 6.59. The monoisotopic (exact) mass is 265 g/mol. The summed E-state index contributed by atoms with van der Waals surface area (Å²) in [5, 5.41) is 3.41. The Bertz CT molecular complexity index is 389. The first-order chi connectivity index (χ1) is 9.21. The SMILES string of the molecule is COc1cc(OC)nc(NC2CCCC(C)CC2)n1. The summed E-state index contributed by atoms with van der Waals surface area (Å²) in [7, 11) is 3.19. The molecule has 1 fully saturated rings. The molecule has 2 atom stereocenters. The quantitative estimate of drug-likeness (QED) is 0.848. The van der Waals surface area contributed by atoms with Crippen molar-refractivity contribution < 1.29 is 9.47 Å². The van der Waals surface area contributed by atoms with Gasteiger partial charge in [-0.05, 0) is 25.2 Å². The molecule has 0 aromatic carbocycles. The number of methoxy groups -OCH3 is 2. The molecule has 5 heteroatoms. The van der Waals surface area contributed by atoms with Crippen LogP contribution in [0.3, 0.4) is 0 Å². The van der Waals surface area contributed by atoms with Crippen LogP contribution in [0.25, 0.3) is 0 Å². The molecular formula is C14H23N3O2. The third-order valence-corrected chi connectivity index (χ3v) is 3.69. The molecule has 0 saturated heterocycles. The fourth-order valence-electron chi connectivity index (χ4n) is 2.49. The van der Waals surface area contributed by atoms with E-state index in [1.807, 2.05) is 0 Å². The van der Waals surface area contributed by atoms with Gasteiger partial charge in [-0.15, -0.1) is 0 Å². The molecule has 1 N–H and O–H groups in total. The third kappa shape index (κ3) is 3.98. The van der Waals surface area contributed by atoms with Gasteiger partial charge < -0.3 is 14.8 Å². The number of rotatable bonds is 4. The number of hydrogen-bond acceptors (Lipinski definition) is 5. The molecule has 0 bridgehead atoms. The zero-order valence-electron chi connectivity index (χ0n) is 12.0. The van der Waals surface area contributed by atoms with Crippen molar-refractivity contribution in [2.75, 3.05) is 19.5 Å². The Kier molecular flexibility index (Phi) is 4.82. The fourth-order valence-corrected chi connectivity index (χ4v) is 2.49. The molecule has 1 aromatic rings. The highest BCUT2D eigenvalue weighted by atomic mass is 16.5. The molecule has 2 rings (SSSR count). The second-order valence-electron chi connectivity index (χ2n) is 5.23. The maximum absolute atomic E-state index is 5.16. The Labute approximate surface area is 114 Å². The highest BCUT2D eigenvalue weighted by Crippen LogP contribution is 2.25. The Balaban J connectivity index is 2.05. The van der Waals surface area contributed by atoms with Gasteiger partial charge in [-0.25, -0.2) is 0 Å². The van der Waals surface area contributed by atoms with Crippen molar-refractivity contribution in [3.63, 3.8) is 0 Å². The molecule has 0 radical (unpaired) electrons. The number of nitrogens with zero attached hydrogens (tertiary/aromatic N) is 2. The molecule has 1 aliphatic carbocycles. The van der Waals surface area contributed by atoms with E-state index in [2.05, 4.69) is 22.2 Å². The van der Waals surface area contributed by atoms with Crippen molar-refractivity contribution in [3.05, 3.63) is 6.07 Å². The van der Waals surface area contributed by atoms with E-state index in [4.69, 9.17) is 9.47 Å². The highest BCUT2D eigenvalue weighted by molar-refractivity contribution is 5.34. The molecule has 1 aromatic heterocycles. The molecule has 1 aliphatic rings. The van der Waals surface area contributed by atoms with Gasteiger partial charge in [0.05, 0.1) is 20.3 Å². The second-order valence-corrected chi connectivity index (χ2v) is 5.23. The van der Waals surface area contributed by atoms with Gasteiger partial charge in [0.2, 0.25) is 17.7 Å². The highest BCUT2D eigenvalue weighted by Gasteiger charge is 2.17. The number of ether oxygens (including phenoxy) is 2. The van der Waals surface area contributed by atoms with Crippen LogP contribution in [0, 0.1) is 5.92 Å². The van der Waals surface area contributed by atoms with E-state index in [9.17, 15) is 0 Å². The van der Waals surface area contributed by atoms with Crippen molar-refractivity contribution >= 4 is 5.95 Å². The largest absolute Gasteiger partial charge is 0.481 e. The summed E-state index contributed by atoms with van der Waals surface area (Å²) >= 11 is 0. The maximum atomic E-state index is 5.16. The van der Waals surface area contributed by atoms with Gasteiger partial charge in [0.25, 0.3) is 0 Å². The normalized spacial score (nSPS) is 23.5. The predicted octanol–water partition coefficient (Wildman–Crippen LogP) is 2.87. The van der Waals surface area contributed by atoms with Crippen LogP contribution in [0.4, 0.5) is 5.95 Å². The zero-order valence-corrected chi connectivity index (χ0v) is 12.0. The molecule has 0 amide bonds. The number of hydrogen-bond donors (Lipinski definition) is 1. The van der Waals surface area contributed by atoms with Crippen molar-refractivity contribution in [2.45, 2.75) is 45.1 Å². The fraction of sp³-hybridized carbons (Fsp3) is 0.714. The average Bonchev–Trinajstić information content (AvgIpc) is 2.63. The lowest BCUT2D eigenvalue weighted by molar-refractivity contribution is 0.372. The van der Waals surface area contributed by atoms with E-state index in [0.29, 0.717) is 23.8 Å². The molecule has 0 spiro atoms. The third-order valence-electron chi connectivity index (χ3n) is 3.69. The summed E-state index contributed by atoms with van der Waals surface area (Å²) in [4.78, 5) is 8.64. The van der Waals surface area contributed by atoms with Crippen LogP contribution in [-0.2, 0) is 0 Å². The lowest BCUT2D eigenvalue weighted by Gasteiger charge is -2.17. The van der Waals surface area contributed by atoms with Crippen molar-refractivity contribution in [1.82, 2.24) is 9.97 Å². The smallest absolute Gasteiger partial charge is 0.229 e. The minimum atomic E-state index is 0.446. The summed E-state index contributed by atoms with van der Waals surface area (Å²) in [6, 6.07) is 2.13. The first-order valence-corrected chi connectivity index (χ1v) is 6.95. The van der Waals surface area contributed by atoms with Crippen LogP contribution >= 0.6 is 0 Å². The first-order valence-electron chi connectivity index (χ1n) is 6.95. The minimum Gasteiger partial charge on any atom is -0.481 e. The van der Waals surface area contributed by atoms with Crippen LogP contribution in [-0.4, -0.2) is 30.2 Å². The molecule has 1 heterocycles. The molecule has 1 saturated carbocycles. The number of nitrogens with one attached hydrogen (secondary N) is 1. The van der Waals surface area contributed by atoms with Gasteiger partial charge in [-0.1, -0.05) is 19.8 Å². The maximum Gasteiger partial charge on any atom is 0.229 e. The van der Waals surface area contributed by atoms with Crippen LogP contribution in [0.2, 0.25) is 0 Å². The number of anilines is 1. The van der Waals surface area contributed by atoms with Gasteiger partial charge >= 0.3 is 0 Å². The minimum absolute atomic E-state index is 0.446. The van der Waals surface area contributed by atoms with Crippen LogP contribution < -0.4 is 14.8 Å². The van der Waals surface area contributed by atoms with Gasteiger partial charge in [0, 0.05) is 6.04 Å². The molecular weight excluding hydrogens is 242 g/mol. The lowest BCUT2D eigenvalue weighted by Crippen LogP contribution is -2.20. The first kappa shape index (κ1) is 13.9. The summed E-state index contributed by atoms with van der Waals surface area (Å²) < 4.78 is 10.3. The van der Waals surface area contributed by atoms with Gasteiger partial charge in [0.15, 0.2) is 0 Å². The average molecular weight is 265 g/mol. The van der Waals surface area contributed by atoms with Crippen LogP contribution in [0.1, 0.15) is 39.0 Å². The predicted molar refractivity (Wildman–Crippen MR) is 74.8 cm³/mol. The Morgan fingerprint density at radius 1 is 1.05 bits per heavy atom. The summed E-state index contributed by atoms with van der Waals surface area (Å²) in [5.41, 5.74) is 0. The van der Waals surface area contributed by atoms with E-state index in [-0.39, 0.29) is 0 Å². The van der Waals surface area contributed by atoms with E-state index in [1.54, 1.807) is 20.3 Å². The molecule has 2 unspecified atom stereocenters. The van der Waals surface area contributed by atoms with Gasteiger partial charge in [0.1, 0.15) is 0 Å². The summed E-state index contributed by atoms with van der Waals surface area (Å²) in [6.07, 6.45) is 6.19. The Morgan fingerprint density at radius 2 is 1.74 bits per heavy atom. The van der Waals surface area contributed by atoms with Crippen molar-refractivity contribution in [1.29, 1.82) is 0 Å². The van der Waals surface area contributed by atoms with E-state index >= 15 is 0 Å². The molecule has 106 valence electrons. The van der Waals surface area contributed by atoms with Crippen LogP contribution in [0.15, 0.2) is 6.07 Å².